The largest absolute Gasteiger partial charge is 0.312 e. The molecule has 0 aromatic rings. The fourth-order valence-corrected chi connectivity index (χ4v) is 1.47. The van der Waals surface area contributed by atoms with E-state index in [0.29, 0.717) is 5.67 Å². The highest BCUT2D eigenvalue weighted by Gasteiger charge is 2.03. The highest BCUT2D eigenvalue weighted by atomic mass is 35.5. The smallest absolute Gasteiger partial charge is 0.113 e. The zero-order chi connectivity index (χ0) is 7.98. The third-order valence-corrected chi connectivity index (χ3v) is 2.94. The van der Waals surface area contributed by atoms with Crippen LogP contribution in [0.1, 0.15) is 13.8 Å². The Kier molecular flexibility index (Phi) is 5.97. The van der Waals surface area contributed by atoms with Crippen molar-refractivity contribution >= 4 is 27.0 Å². The molecule has 0 saturated heterocycles. The van der Waals surface area contributed by atoms with E-state index in [1.54, 1.807) is 0 Å². The first-order chi connectivity index (χ1) is 4.72. The molecule has 2 nitrogen and oxygen atoms in total. The van der Waals surface area contributed by atoms with Gasteiger partial charge in [-0.15, -0.1) is 0 Å². The molecule has 0 aliphatic rings. The van der Waals surface area contributed by atoms with Gasteiger partial charge in [0.2, 0.25) is 0 Å². The first-order valence-corrected chi connectivity index (χ1v) is 5.18. The minimum Gasteiger partial charge on any atom is -0.312 e. The normalized spacial score (nSPS) is 15.7. The van der Waals surface area contributed by atoms with Crippen LogP contribution < -0.4 is 5.32 Å². The van der Waals surface area contributed by atoms with Gasteiger partial charge in [0, 0.05) is 22.5 Å². The van der Waals surface area contributed by atoms with Crippen LogP contribution in [0.25, 0.3) is 0 Å². The molecule has 60 valence electrons. The average molecular weight is 179 g/mol. The van der Waals surface area contributed by atoms with Gasteiger partial charge < -0.3 is 5.32 Å². The summed E-state index contributed by atoms with van der Waals surface area (Å²) in [5, 5.41) is 3.96. The van der Waals surface area contributed by atoms with E-state index in [0.717, 1.165) is 28.5 Å². The monoisotopic (exact) mass is 178 g/mol. The summed E-state index contributed by atoms with van der Waals surface area (Å²) < 4.78 is 0. The maximum Gasteiger partial charge on any atom is 0.113 e. The van der Waals surface area contributed by atoms with Gasteiger partial charge in [-0.1, -0.05) is 18.5 Å². The van der Waals surface area contributed by atoms with Crippen LogP contribution in [-0.4, -0.2) is 34.2 Å². The lowest BCUT2D eigenvalue weighted by molar-refractivity contribution is 0.777. The Balaban J connectivity index is 3.69. The third-order valence-electron chi connectivity index (χ3n) is 1.18. The molecule has 0 spiro atoms. The first kappa shape index (κ1) is 10.1. The van der Waals surface area contributed by atoms with Crippen molar-refractivity contribution in [3.05, 3.63) is 0 Å². The Bertz CT molecular complexity index is 116. The van der Waals surface area contributed by atoms with Crippen LogP contribution >= 0.6 is 11.6 Å². The van der Waals surface area contributed by atoms with Crippen molar-refractivity contribution in [2.45, 2.75) is 19.5 Å². The van der Waals surface area contributed by atoms with Crippen LogP contribution in [0.5, 0.6) is 0 Å². The third kappa shape index (κ3) is 4.03. The maximum atomic E-state index is 5.83. The van der Waals surface area contributed by atoms with Crippen molar-refractivity contribution in [2.75, 3.05) is 13.1 Å². The number of rotatable bonds is 4. The highest BCUT2D eigenvalue weighted by Crippen LogP contribution is 1.90. The molecule has 0 bridgehead atoms. The predicted octanol–water partition coefficient (Wildman–Crippen LogP) is -0.0554. The summed E-state index contributed by atoms with van der Waals surface area (Å²) >= 11 is 5.83. The van der Waals surface area contributed by atoms with Gasteiger partial charge in [-0.3, -0.25) is 4.99 Å². The Morgan fingerprint density at radius 3 is 2.70 bits per heavy atom. The number of halogens is 1. The molecule has 0 aliphatic carbocycles. The molecule has 0 rings (SSSR count). The molecule has 1 N–H and O–H groups in total. The molecule has 0 aromatic carbocycles. The second kappa shape index (κ2) is 5.89. The van der Waals surface area contributed by atoms with E-state index in [4.69, 9.17) is 11.6 Å². The second-order valence-corrected chi connectivity index (χ2v) is 3.62. The summed E-state index contributed by atoms with van der Waals surface area (Å²) in [4.78, 5) is 4.10. The zero-order valence-corrected chi connectivity index (χ0v) is 9.57. The molecular weight excluding hydrogens is 164 g/mol. The number of aliphatic imine (C=N–C) groups is 1. The highest BCUT2D eigenvalue weighted by molar-refractivity contribution is 6.70. The van der Waals surface area contributed by atoms with Gasteiger partial charge in [0.1, 0.15) is 5.17 Å². The molecule has 1 unspecified atom stereocenters. The topological polar surface area (TPSA) is 24.4 Å². The molecule has 0 saturated carbocycles. The fourth-order valence-electron chi connectivity index (χ4n) is 0.678. The van der Waals surface area contributed by atoms with E-state index in [1.807, 2.05) is 6.92 Å². The van der Waals surface area contributed by atoms with Crippen molar-refractivity contribution in [1.29, 1.82) is 0 Å². The molecule has 1 atom stereocenters. The number of hydrogen-bond acceptors (Lipinski definition) is 2. The van der Waals surface area contributed by atoms with E-state index in [-0.39, 0.29) is 0 Å². The van der Waals surface area contributed by atoms with Gasteiger partial charge in [0.25, 0.3) is 0 Å². The van der Waals surface area contributed by atoms with Crippen LogP contribution in [0.2, 0.25) is 0 Å². The zero-order valence-electron chi connectivity index (χ0n) is 6.82. The second-order valence-electron chi connectivity index (χ2n) is 2.08. The molecular formula is C6H15ClN2Si. The lowest BCUT2D eigenvalue weighted by atomic mass is 10.6. The van der Waals surface area contributed by atoms with Crippen molar-refractivity contribution in [2.24, 2.45) is 4.99 Å². The van der Waals surface area contributed by atoms with E-state index < -0.39 is 0 Å². The average Bonchev–Trinajstić information content (AvgIpc) is 1.89. The molecule has 0 radical (unpaired) electrons. The van der Waals surface area contributed by atoms with Crippen molar-refractivity contribution in [3.63, 3.8) is 0 Å². The summed E-state index contributed by atoms with van der Waals surface area (Å²) in [5.41, 5.74) is 0.339. The van der Waals surface area contributed by atoms with Crippen molar-refractivity contribution < 1.29 is 0 Å². The van der Waals surface area contributed by atoms with Gasteiger partial charge >= 0.3 is 0 Å². The van der Waals surface area contributed by atoms with E-state index in [2.05, 4.69) is 17.2 Å². The van der Waals surface area contributed by atoms with Gasteiger partial charge in [-0.2, -0.15) is 0 Å². The van der Waals surface area contributed by atoms with Crippen LogP contribution in [0.3, 0.4) is 0 Å². The minimum atomic E-state index is 0.339. The molecule has 0 aliphatic heterocycles. The van der Waals surface area contributed by atoms with E-state index >= 15 is 0 Å². The molecule has 4 heteroatoms. The van der Waals surface area contributed by atoms with Gasteiger partial charge in [0.05, 0.1) is 0 Å². The van der Waals surface area contributed by atoms with Gasteiger partial charge in [-0.05, 0) is 13.5 Å². The lowest BCUT2D eigenvalue weighted by Crippen LogP contribution is -2.34. The maximum absolute atomic E-state index is 5.83. The molecule has 0 fully saturated rings. The molecule has 10 heavy (non-hydrogen) atoms. The van der Waals surface area contributed by atoms with Crippen LogP contribution in [0.4, 0.5) is 0 Å². The van der Waals surface area contributed by atoms with E-state index in [9.17, 15) is 0 Å². The summed E-state index contributed by atoms with van der Waals surface area (Å²) in [5.74, 6) is 0. The number of nitrogens with one attached hydrogen (secondary N) is 1. The van der Waals surface area contributed by atoms with Crippen LogP contribution in [-0.2, 0) is 0 Å². The predicted molar refractivity (Wildman–Crippen MR) is 51.2 cm³/mol. The Labute approximate surface area is 70.5 Å². The Morgan fingerprint density at radius 1 is 1.70 bits per heavy atom. The molecule has 0 heterocycles. The summed E-state index contributed by atoms with van der Waals surface area (Å²) in [6.07, 6.45) is 0. The first-order valence-electron chi connectivity index (χ1n) is 3.65. The molecule has 0 aromatic heterocycles. The van der Waals surface area contributed by atoms with Crippen LogP contribution in [0, 0.1) is 0 Å². The van der Waals surface area contributed by atoms with Crippen molar-refractivity contribution in [1.82, 2.24) is 5.32 Å². The SMILES string of the molecule is CCN=C(Cl)C([SiH3])NCC. The minimum absolute atomic E-state index is 0.339. The lowest BCUT2D eigenvalue weighted by Gasteiger charge is -2.08. The summed E-state index contributed by atoms with van der Waals surface area (Å²) in [7, 11) is 1.02. The fraction of sp³-hybridized carbons (Fsp3) is 0.833. The van der Waals surface area contributed by atoms with Crippen molar-refractivity contribution in [3.8, 4) is 0 Å². The van der Waals surface area contributed by atoms with Gasteiger partial charge in [-0.25, -0.2) is 0 Å². The standard InChI is InChI=1S/C6H15ClN2Si/c1-3-8-5(7)6(10)9-4-2/h6,9H,3-4H2,1-2,10H3. The summed E-state index contributed by atoms with van der Waals surface area (Å²) in [6.45, 7) is 5.80. The number of nitrogens with zero attached hydrogens (tertiary/aromatic N) is 1. The summed E-state index contributed by atoms with van der Waals surface area (Å²) in [6, 6.07) is 0. The Hall–Kier alpha value is 0.137. The number of hydrogen-bond donors (Lipinski definition) is 1. The molecule has 0 amide bonds. The van der Waals surface area contributed by atoms with E-state index in [1.165, 1.54) is 0 Å². The quantitative estimate of drug-likeness (QED) is 0.474. The van der Waals surface area contributed by atoms with Crippen LogP contribution in [0.15, 0.2) is 4.99 Å². The van der Waals surface area contributed by atoms with Gasteiger partial charge in [0.15, 0.2) is 0 Å². The Morgan fingerprint density at radius 2 is 2.30 bits per heavy atom.